The zero-order chi connectivity index (χ0) is 12.7. The fourth-order valence-corrected chi connectivity index (χ4v) is 1.41. The lowest BCUT2D eigenvalue weighted by Crippen LogP contribution is -2.29. The molecule has 0 aromatic heterocycles. The van der Waals surface area contributed by atoms with Crippen molar-refractivity contribution in [1.29, 1.82) is 0 Å². The van der Waals surface area contributed by atoms with E-state index in [1.165, 1.54) is 5.56 Å². The Morgan fingerprint density at radius 1 is 1.18 bits per heavy atom. The van der Waals surface area contributed by atoms with E-state index in [2.05, 4.69) is 17.6 Å². The Labute approximate surface area is 101 Å². The van der Waals surface area contributed by atoms with E-state index < -0.39 is 0 Å². The highest BCUT2D eigenvalue weighted by Gasteiger charge is 2.05. The number of rotatable bonds is 5. The highest BCUT2D eigenvalue weighted by molar-refractivity contribution is 5.94. The Balaban J connectivity index is 2.44. The molecule has 2 amide bonds. The predicted octanol–water partition coefficient (Wildman–Crippen LogP) is 1.11. The minimum Gasteiger partial charge on any atom is -0.359 e. The highest BCUT2D eigenvalue weighted by Crippen LogP contribution is 2.04. The molecule has 1 aromatic rings. The van der Waals surface area contributed by atoms with Gasteiger partial charge in [0.1, 0.15) is 0 Å². The third kappa shape index (κ3) is 4.26. The van der Waals surface area contributed by atoms with Gasteiger partial charge in [0, 0.05) is 25.6 Å². The van der Waals surface area contributed by atoms with Gasteiger partial charge in [0.2, 0.25) is 5.91 Å². The average Bonchev–Trinajstić information content (AvgIpc) is 2.38. The molecule has 0 fully saturated rings. The Bertz CT molecular complexity index is 385. The summed E-state index contributed by atoms with van der Waals surface area (Å²) >= 11 is 0. The van der Waals surface area contributed by atoms with Gasteiger partial charge in [0.05, 0.1) is 0 Å². The molecule has 1 rings (SSSR count). The molecule has 0 bridgehead atoms. The van der Waals surface area contributed by atoms with Gasteiger partial charge >= 0.3 is 0 Å². The molecule has 0 saturated carbocycles. The topological polar surface area (TPSA) is 58.2 Å². The molecule has 0 unspecified atom stereocenters. The van der Waals surface area contributed by atoms with Crippen molar-refractivity contribution in [3.05, 3.63) is 35.4 Å². The summed E-state index contributed by atoms with van der Waals surface area (Å²) in [6, 6.07) is 7.48. The zero-order valence-electron chi connectivity index (χ0n) is 10.2. The second-order valence-electron chi connectivity index (χ2n) is 3.73. The van der Waals surface area contributed by atoms with Crippen molar-refractivity contribution < 1.29 is 9.59 Å². The standard InChI is InChI=1S/C13H18N2O2/c1-3-10-4-6-11(7-5-10)13(17)15-9-8-12(16)14-2/h4-7H,3,8-9H2,1-2H3,(H,14,16)(H,15,17). The molecule has 0 aliphatic carbocycles. The first-order chi connectivity index (χ1) is 8.17. The largest absolute Gasteiger partial charge is 0.359 e. The van der Waals surface area contributed by atoms with Gasteiger partial charge in [-0.15, -0.1) is 0 Å². The van der Waals surface area contributed by atoms with E-state index in [4.69, 9.17) is 0 Å². The van der Waals surface area contributed by atoms with Crippen molar-refractivity contribution in [2.75, 3.05) is 13.6 Å². The normalized spacial score (nSPS) is 9.76. The Kier molecular flexibility index (Phi) is 5.20. The van der Waals surface area contributed by atoms with E-state index in [0.717, 1.165) is 6.42 Å². The van der Waals surface area contributed by atoms with Crippen LogP contribution in [0, 0.1) is 0 Å². The van der Waals surface area contributed by atoms with E-state index >= 15 is 0 Å². The van der Waals surface area contributed by atoms with E-state index in [0.29, 0.717) is 18.5 Å². The fraction of sp³-hybridized carbons (Fsp3) is 0.385. The third-order valence-corrected chi connectivity index (χ3v) is 2.54. The van der Waals surface area contributed by atoms with Crippen molar-refractivity contribution in [1.82, 2.24) is 10.6 Å². The lowest BCUT2D eigenvalue weighted by atomic mass is 10.1. The van der Waals surface area contributed by atoms with Gasteiger partial charge in [-0.3, -0.25) is 9.59 Å². The molecule has 0 saturated heterocycles. The monoisotopic (exact) mass is 234 g/mol. The maximum atomic E-state index is 11.7. The summed E-state index contributed by atoms with van der Waals surface area (Å²) in [5.41, 5.74) is 1.83. The van der Waals surface area contributed by atoms with Gasteiger partial charge in [-0.05, 0) is 24.1 Å². The van der Waals surface area contributed by atoms with Crippen LogP contribution in [-0.2, 0) is 11.2 Å². The molecule has 92 valence electrons. The molecule has 0 aliphatic rings. The third-order valence-electron chi connectivity index (χ3n) is 2.54. The molecule has 4 nitrogen and oxygen atoms in total. The van der Waals surface area contributed by atoms with Gasteiger partial charge in [0.15, 0.2) is 0 Å². The smallest absolute Gasteiger partial charge is 0.251 e. The van der Waals surface area contributed by atoms with E-state index in [1.54, 1.807) is 19.2 Å². The maximum Gasteiger partial charge on any atom is 0.251 e. The lowest BCUT2D eigenvalue weighted by molar-refractivity contribution is -0.120. The predicted molar refractivity (Wildman–Crippen MR) is 66.8 cm³/mol. The highest BCUT2D eigenvalue weighted by atomic mass is 16.2. The number of hydrogen-bond acceptors (Lipinski definition) is 2. The molecule has 4 heteroatoms. The number of amides is 2. The van der Waals surface area contributed by atoms with Crippen molar-refractivity contribution in [2.24, 2.45) is 0 Å². The second kappa shape index (κ2) is 6.68. The first-order valence-corrected chi connectivity index (χ1v) is 5.75. The molecule has 2 N–H and O–H groups in total. The van der Waals surface area contributed by atoms with Crippen LogP contribution in [0.25, 0.3) is 0 Å². The van der Waals surface area contributed by atoms with Gasteiger partial charge in [-0.1, -0.05) is 19.1 Å². The van der Waals surface area contributed by atoms with Gasteiger partial charge in [-0.25, -0.2) is 0 Å². The second-order valence-corrected chi connectivity index (χ2v) is 3.73. The van der Waals surface area contributed by atoms with Crippen LogP contribution < -0.4 is 10.6 Å². The van der Waals surface area contributed by atoms with Crippen LogP contribution in [0.4, 0.5) is 0 Å². The van der Waals surface area contributed by atoms with E-state index in [1.807, 2.05) is 12.1 Å². The minimum atomic E-state index is -0.142. The Hall–Kier alpha value is -1.84. The summed E-state index contributed by atoms with van der Waals surface area (Å²) in [7, 11) is 1.58. The molecule has 0 aliphatic heterocycles. The lowest BCUT2D eigenvalue weighted by Gasteiger charge is -2.05. The van der Waals surface area contributed by atoms with E-state index in [9.17, 15) is 9.59 Å². The van der Waals surface area contributed by atoms with Crippen molar-refractivity contribution in [2.45, 2.75) is 19.8 Å². The van der Waals surface area contributed by atoms with Crippen molar-refractivity contribution in [3.8, 4) is 0 Å². The first-order valence-electron chi connectivity index (χ1n) is 5.75. The molecule has 0 spiro atoms. The van der Waals surface area contributed by atoms with Crippen LogP contribution >= 0.6 is 0 Å². The molecule has 0 atom stereocenters. The van der Waals surface area contributed by atoms with Crippen LogP contribution in [0.3, 0.4) is 0 Å². The number of nitrogens with one attached hydrogen (secondary N) is 2. The van der Waals surface area contributed by atoms with Crippen LogP contribution in [0.5, 0.6) is 0 Å². The summed E-state index contributed by atoms with van der Waals surface area (Å²) in [4.78, 5) is 22.6. The van der Waals surface area contributed by atoms with Crippen molar-refractivity contribution >= 4 is 11.8 Å². The average molecular weight is 234 g/mol. The molecular formula is C13H18N2O2. The maximum absolute atomic E-state index is 11.7. The van der Waals surface area contributed by atoms with Crippen LogP contribution in [-0.4, -0.2) is 25.4 Å². The number of carbonyl (C=O) groups excluding carboxylic acids is 2. The summed E-state index contributed by atoms with van der Waals surface area (Å²) in [5, 5.41) is 5.21. The fourth-order valence-electron chi connectivity index (χ4n) is 1.41. The van der Waals surface area contributed by atoms with Crippen LogP contribution in [0.1, 0.15) is 29.3 Å². The van der Waals surface area contributed by atoms with Gasteiger partial charge < -0.3 is 10.6 Å². The van der Waals surface area contributed by atoms with Crippen molar-refractivity contribution in [3.63, 3.8) is 0 Å². The van der Waals surface area contributed by atoms with Gasteiger partial charge in [-0.2, -0.15) is 0 Å². The molecular weight excluding hydrogens is 216 g/mol. The van der Waals surface area contributed by atoms with Gasteiger partial charge in [0.25, 0.3) is 5.91 Å². The quantitative estimate of drug-likeness (QED) is 0.802. The number of carbonyl (C=O) groups is 2. The van der Waals surface area contributed by atoms with Crippen LogP contribution in [0.15, 0.2) is 24.3 Å². The molecule has 1 aromatic carbocycles. The first kappa shape index (κ1) is 13.2. The summed E-state index contributed by atoms with van der Waals surface area (Å²) in [5.74, 6) is -0.219. The molecule has 0 heterocycles. The molecule has 0 radical (unpaired) electrons. The SMILES string of the molecule is CCc1ccc(C(=O)NCCC(=O)NC)cc1. The summed E-state index contributed by atoms with van der Waals surface area (Å²) in [6.07, 6.45) is 1.26. The van der Waals surface area contributed by atoms with E-state index in [-0.39, 0.29) is 11.8 Å². The number of hydrogen-bond donors (Lipinski definition) is 2. The Morgan fingerprint density at radius 2 is 1.82 bits per heavy atom. The zero-order valence-corrected chi connectivity index (χ0v) is 10.2. The number of aryl methyl sites for hydroxylation is 1. The van der Waals surface area contributed by atoms with Crippen LogP contribution in [0.2, 0.25) is 0 Å². The minimum absolute atomic E-state index is 0.0772. The summed E-state index contributed by atoms with van der Waals surface area (Å²) < 4.78 is 0. The summed E-state index contributed by atoms with van der Waals surface area (Å²) in [6.45, 7) is 2.42. The molecule has 17 heavy (non-hydrogen) atoms. The number of benzene rings is 1. The Morgan fingerprint density at radius 3 is 2.35 bits per heavy atom.